The third-order valence-corrected chi connectivity index (χ3v) is 4.31. The number of nitrogens with one attached hydrogen (secondary N) is 2. The van der Waals surface area contributed by atoms with Crippen LogP contribution in [0.1, 0.15) is 39.2 Å². The minimum atomic E-state index is -0.541. The lowest BCUT2D eigenvalue weighted by Gasteiger charge is -2.33. The van der Waals surface area contributed by atoms with Crippen LogP contribution in [0, 0.1) is 0 Å². The lowest BCUT2D eigenvalue weighted by molar-refractivity contribution is 0.0479. The highest BCUT2D eigenvalue weighted by Gasteiger charge is 2.26. The second kappa shape index (κ2) is 7.94. The van der Waals surface area contributed by atoms with Gasteiger partial charge in [-0.15, -0.1) is 0 Å². The van der Waals surface area contributed by atoms with Crippen molar-refractivity contribution in [3.05, 3.63) is 23.8 Å². The van der Waals surface area contributed by atoms with E-state index in [-0.39, 0.29) is 18.9 Å². The van der Waals surface area contributed by atoms with Gasteiger partial charge in [-0.2, -0.15) is 0 Å². The Bertz CT molecular complexity index is 701. The van der Waals surface area contributed by atoms with E-state index in [0.29, 0.717) is 25.4 Å². The molecule has 3 amide bonds. The van der Waals surface area contributed by atoms with Crippen LogP contribution in [0.25, 0.3) is 0 Å². The summed E-state index contributed by atoms with van der Waals surface area (Å²) >= 11 is 0. The zero-order valence-corrected chi connectivity index (χ0v) is 16.0. The molecule has 2 N–H and O–H groups in total. The molecule has 8 nitrogen and oxygen atoms in total. The third-order valence-electron chi connectivity index (χ3n) is 4.31. The van der Waals surface area contributed by atoms with Gasteiger partial charge in [0.25, 0.3) is 0 Å². The third kappa shape index (κ3) is 5.42. The normalized spacial score (nSPS) is 18.8. The van der Waals surface area contributed by atoms with Gasteiger partial charge in [0.15, 0.2) is 11.5 Å². The molecule has 2 heterocycles. The minimum absolute atomic E-state index is 0.107. The van der Waals surface area contributed by atoms with Crippen LogP contribution in [-0.4, -0.2) is 48.5 Å². The molecule has 0 saturated carbocycles. The fourth-order valence-electron chi connectivity index (χ4n) is 3.09. The van der Waals surface area contributed by atoms with Crippen LogP contribution in [0.5, 0.6) is 11.5 Å². The molecule has 1 fully saturated rings. The summed E-state index contributed by atoms with van der Waals surface area (Å²) in [4.78, 5) is 26.1. The molecule has 0 bridgehead atoms. The number of hydrogen-bond acceptors (Lipinski definition) is 5. The molecule has 1 atom stereocenters. The summed E-state index contributed by atoms with van der Waals surface area (Å²) in [5.41, 5.74) is 0.397. The molecule has 8 heteroatoms. The van der Waals surface area contributed by atoms with Crippen LogP contribution < -0.4 is 20.1 Å². The van der Waals surface area contributed by atoms with Gasteiger partial charge in [-0.25, -0.2) is 9.59 Å². The second-order valence-corrected chi connectivity index (χ2v) is 7.78. The highest BCUT2D eigenvalue weighted by molar-refractivity contribution is 5.74. The number of carbonyl (C=O) groups excluding carboxylic acids is 2. The fraction of sp³-hybridized carbons (Fsp3) is 0.579. The van der Waals surface area contributed by atoms with Gasteiger partial charge in [-0.1, -0.05) is 6.07 Å². The van der Waals surface area contributed by atoms with Crippen LogP contribution >= 0.6 is 0 Å². The smallest absolute Gasteiger partial charge is 0.407 e. The van der Waals surface area contributed by atoms with Crippen molar-refractivity contribution in [1.29, 1.82) is 0 Å². The average molecular weight is 377 g/mol. The first-order valence-corrected chi connectivity index (χ1v) is 9.21. The van der Waals surface area contributed by atoms with Crippen molar-refractivity contribution >= 4 is 12.1 Å². The minimum Gasteiger partial charge on any atom is -0.454 e. The SMILES string of the molecule is CC(C)(C)OC(=O)N[C@H]1CCCN(C(=O)NCc2ccc3c(c2)OCO3)C1. The summed E-state index contributed by atoms with van der Waals surface area (Å²) in [5.74, 6) is 1.42. The van der Waals surface area contributed by atoms with E-state index < -0.39 is 11.7 Å². The van der Waals surface area contributed by atoms with E-state index >= 15 is 0 Å². The van der Waals surface area contributed by atoms with Crippen molar-refractivity contribution in [3.63, 3.8) is 0 Å². The Morgan fingerprint density at radius 2 is 2.04 bits per heavy atom. The monoisotopic (exact) mass is 377 g/mol. The van der Waals surface area contributed by atoms with Crippen molar-refractivity contribution in [1.82, 2.24) is 15.5 Å². The van der Waals surface area contributed by atoms with Crippen molar-refractivity contribution in [2.24, 2.45) is 0 Å². The lowest BCUT2D eigenvalue weighted by atomic mass is 10.1. The first kappa shape index (κ1) is 19.1. The van der Waals surface area contributed by atoms with Crippen molar-refractivity contribution in [2.45, 2.75) is 51.8 Å². The lowest BCUT2D eigenvalue weighted by Crippen LogP contribution is -2.52. The van der Waals surface area contributed by atoms with Crippen LogP contribution in [0.15, 0.2) is 18.2 Å². The average Bonchev–Trinajstić information content (AvgIpc) is 3.06. The Kier molecular flexibility index (Phi) is 5.62. The first-order valence-electron chi connectivity index (χ1n) is 9.21. The number of hydrogen-bond donors (Lipinski definition) is 2. The van der Waals surface area contributed by atoms with Crippen LogP contribution in [-0.2, 0) is 11.3 Å². The largest absolute Gasteiger partial charge is 0.454 e. The Labute approximate surface area is 159 Å². The number of rotatable bonds is 3. The zero-order chi connectivity index (χ0) is 19.4. The van der Waals surface area contributed by atoms with Gasteiger partial charge in [0, 0.05) is 25.7 Å². The molecular weight excluding hydrogens is 350 g/mol. The van der Waals surface area contributed by atoms with Crippen LogP contribution in [0.2, 0.25) is 0 Å². The van der Waals surface area contributed by atoms with Gasteiger partial charge >= 0.3 is 12.1 Å². The molecule has 0 spiro atoms. The molecule has 1 aromatic carbocycles. The number of ether oxygens (including phenoxy) is 3. The van der Waals surface area contributed by atoms with Crippen LogP contribution in [0.4, 0.5) is 9.59 Å². The van der Waals surface area contributed by atoms with Crippen molar-refractivity contribution in [3.8, 4) is 11.5 Å². The van der Waals surface area contributed by atoms with E-state index in [0.717, 1.165) is 24.2 Å². The number of likely N-dealkylation sites (tertiary alicyclic amines) is 1. The predicted molar refractivity (Wildman–Crippen MR) is 98.8 cm³/mol. The molecule has 0 aliphatic carbocycles. The fourth-order valence-corrected chi connectivity index (χ4v) is 3.09. The Balaban J connectivity index is 1.47. The number of fused-ring (bicyclic) bond motifs is 1. The Morgan fingerprint density at radius 3 is 2.81 bits per heavy atom. The Morgan fingerprint density at radius 1 is 1.26 bits per heavy atom. The number of carbonyl (C=O) groups is 2. The van der Waals surface area contributed by atoms with E-state index in [1.54, 1.807) is 4.90 Å². The first-order chi connectivity index (χ1) is 12.8. The summed E-state index contributed by atoms with van der Waals surface area (Å²) in [6, 6.07) is 5.35. The van der Waals surface area contributed by atoms with Gasteiger partial charge in [-0.3, -0.25) is 0 Å². The summed E-state index contributed by atoms with van der Waals surface area (Å²) in [5, 5.41) is 5.77. The molecule has 2 aliphatic heterocycles. The van der Waals surface area contributed by atoms with E-state index in [2.05, 4.69) is 10.6 Å². The highest BCUT2D eigenvalue weighted by Crippen LogP contribution is 2.32. The molecule has 0 radical (unpaired) electrons. The Hall–Kier alpha value is -2.64. The topological polar surface area (TPSA) is 89.1 Å². The summed E-state index contributed by atoms with van der Waals surface area (Å²) in [6.45, 7) is 7.22. The second-order valence-electron chi connectivity index (χ2n) is 7.78. The molecule has 27 heavy (non-hydrogen) atoms. The summed E-state index contributed by atoms with van der Waals surface area (Å²) in [7, 11) is 0. The molecular formula is C19H27N3O5. The maximum Gasteiger partial charge on any atom is 0.407 e. The van der Waals surface area contributed by atoms with Gasteiger partial charge < -0.3 is 29.7 Å². The van der Waals surface area contributed by atoms with E-state index in [4.69, 9.17) is 14.2 Å². The maximum absolute atomic E-state index is 12.5. The van der Waals surface area contributed by atoms with Gasteiger partial charge in [0.2, 0.25) is 6.79 Å². The number of amides is 3. The van der Waals surface area contributed by atoms with Gasteiger partial charge in [0.05, 0.1) is 0 Å². The van der Waals surface area contributed by atoms with E-state index in [1.165, 1.54) is 0 Å². The number of benzene rings is 1. The molecule has 2 aliphatic rings. The number of nitrogens with zero attached hydrogens (tertiary/aromatic N) is 1. The number of urea groups is 1. The van der Waals surface area contributed by atoms with Crippen molar-refractivity contribution in [2.75, 3.05) is 19.9 Å². The highest BCUT2D eigenvalue weighted by atomic mass is 16.7. The molecule has 0 unspecified atom stereocenters. The molecule has 148 valence electrons. The molecule has 1 saturated heterocycles. The van der Waals surface area contributed by atoms with Crippen molar-refractivity contribution < 1.29 is 23.8 Å². The molecule has 1 aromatic rings. The summed E-state index contributed by atoms with van der Waals surface area (Å²) in [6.07, 6.45) is 1.21. The maximum atomic E-state index is 12.5. The zero-order valence-electron chi connectivity index (χ0n) is 16.0. The van der Waals surface area contributed by atoms with E-state index in [9.17, 15) is 9.59 Å². The number of alkyl carbamates (subject to hydrolysis) is 1. The van der Waals surface area contributed by atoms with Crippen LogP contribution in [0.3, 0.4) is 0 Å². The quantitative estimate of drug-likeness (QED) is 0.845. The molecule has 3 rings (SSSR count). The number of piperidine rings is 1. The standard InChI is InChI=1S/C19H27N3O5/c1-19(2,3)27-18(24)21-14-5-4-8-22(11-14)17(23)20-10-13-6-7-15-16(9-13)26-12-25-15/h6-7,9,14H,4-5,8,10-12H2,1-3H3,(H,20,23)(H,21,24)/t14-/m0/s1. The van der Waals surface area contributed by atoms with Gasteiger partial charge in [0.1, 0.15) is 5.60 Å². The predicted octanol–water partition coefficient (Wildman–Crippen LogP) is 2.61. The molecule has 0 aromatic heterocycles. The summed E-state index contributed by atoms with van der Waals surface area (Å²) < 4.78 is 15.9. The van der Waals surface area contributed by atoms with E-state index in [1.807, 2.05) is 39.0 Å². The van der Waals surface area contributed by atoms with Gasteiger partial charge in [-0.05, 0) is 51.3 Å².